The number of hydrogen-bond acceptors (Lipinski definition) is 7. The van der Waals surface area contributed by atoms with Crippen LogP contribution in [0.5, 0.6) is 11.5 Å². The van der Waals surface area contributed by atoms with E-state index >= 15 is 0 Å². The topological polar surface area (TPSA) is 72.4 Å². The van der Waals surface area contributed by atoms with Gasteiger partial charge < -0.3 is 19.7 Å². The lowest BCUT2D eigenvalue weighted by Crippen LogP contribution is -2.21. The van der Waals surface area contributed by atoms with Gasteiger partial charge in [0, 0.05) is 20.1 Å². The summed E-state index contributed by atoms with van der Waals surface area (Å²) in [7, 11) is 1.98. The van der Waals surface area contributed by atoms with Crippen molar-refractivity contribution in [1.29, 1.82) is 0 Å². The molecule has 1 aliphatic rings. The summed E-state index contributed by atoms with van der Waals surface area (Å²) in [6, 6.07) is 5.89. The lowest BCUT2D eigenvalue weighted by atomic mass is 10.2. The maximum atomic E-state index is 5.38. The van der Waals surface area contributed by atoms with Gasteiger partial charge in [0.05, 0.1) is 6.20 Å². The van der Waals surface area contributed by atoms with E-state index in [9.17, 15) is 0 Å². The van der Waals surface area contributed by atoms with Crippen molar-refractivity contribution in [2.75, 3.05) is 30.6 Å². The molecule has 23 heavy (non-hydrogen) atoms. The molecule has 0 spiro atoms. The minimum Gasteiger partial charge on any atom is -0.454 e. The van der Waals surface area contributed by atoms with Crippen LogP contribution in [0.2, 0.25) is 0 Å². The Morgan fingerprint density at radius 2 is 2.13 bits per heavy atom. The lowest BCUT2D eigenvalue weighted by Gasteiger charge is -2.16. The predicted octanol–water partition coefficient (Wildman–Crippen LogP) is 2.45. The van der Waals surface area contributed by atoms with Crippen LogP contribution in [0.4, 0.5) is 11.8 Å². The van der Waals surface area contributed by atoms with Crippen LogP contribution in [0.15, 0.2) is 24.4 Å². The highest BCUT2D eigenvalue weighted by atomic mass is 16.7. The Hall–Kier alpha value is -2.57. The SMILES string of the molecule is CCCCN(C)c1nncc(NCc2ccc3c(c2)OCO3)n1. The number of anilines is 2. The molecule has 2 aromatic rings. The van der Waals surface area contributed by atoms with Gasteiger partial charge in [0.2, 0.25) is 12.7 Å². The number of nitrogens with one attached hydrogen (secondary N) is 1. The molecule has 1 aromatic carbocycles. The first-order chi connectivity index (χ1) is 11.3. The largest absolute Gasteiger partial charge is 0.454 e. The first kappa shape index (κ1) is 15.3. The first-order valence-electron chi connectivity index (χ1n) is 7.79. The van der Waals surface area contributed by atoms with Crippen LogP contribution in [0, 0.1) is 0 Å². The summed E-state index contributed by atoms with van der Waals surface area (Å²) in [6.07, 6.45) is 3.87. The highest BCUT2D eigenvalue weighted by Crippen LogP contribution is 2.32. The molecule has 0 saturated carbocycles. The van der Waals surface area contributed by atoms with E-state index < -0.39 is 0 Å². The average Bonchev–Trinajstić information content (AvgIpc) is 3.06. The molecule has 1 aromatic heterocycles. The quantitative estimate of drug-likeness (QED) is 0.841. The normalized spacial score (nSPS) is 12.3. The molecule has 2 heterocycles. The maximum absolute atomic E-state index is 5.38. The molecule has 0 saturated heterocycles. The third kappa shape index (κ3) is 3.80. The standard InChI is InChI=1S/C16H21N5O2/c1-3-4-7-21(2)16-19-15(10-18-20-16)17-9-12-5-6-13-14(8-12)23-11-22-13/h5-6,8,10H,3-4,7,9,11H2,1-2H3,(H,17,19,20). The van der Waals surface area contributed by atoms with E-state index in [-0.39, 0.29) is 6.79 Å². The van der Waals surface area contributed by atoms with E-state index in [2.05, 4.69) is 27.4 Å². The molecule has 0 amide bonds. The second-order valence-electron chi connectivity index (χ2n) is 5.46. The highest BCUT2D eigenvalue weighted by molar-refractivity contribution is 5.46. The van der Waals surface area contributed by atoms with Crippen molar-refractivity contribution < 1.29 is 9.47 Å². The number of rotatable bonds is 7. The second kappa shape index (κ2) is 7.13. The maximum Gasteiger partial charge on any atom is 0.247 e. The summed E-state index contributed by atoms with van der Waals surface area (Å²) in [5.74, 6) is 2.91. The molecule has 0 unspecified atom stereocenters. The number of aromatic nitrogens is 3. The monoisotopic (exact) mass is 315 g/mol. The van der Waals surface area contributed by atoms with Gasteiger partial charge in [0.25, 0.3) is 0 Å². The summed E-state index contributed by atoms with van der Waals surface area (Å²) in [5.41, 5.74) is 1.09. The average molecular weight is 315 g/mol. The number of unbranched alkanes of at least 4 members (excludes halogenated alkanes) is 1. The van der Waals surface area contributed by atoms with Crippen LogP contribution in [0.3, 0.4) is 0 Å². The molecular formula is C16H21N5O2. The zero-order valence-corrected chi connectivity index (χ0v) is 13.5. The van der Waals surface area contributed by atoms with Crippen LogP contribution in [-0.4, -0.2) is 35.6 Å². The molecular weight excluding hydrogens is 294 g/mol. The molecule has 1 N–H and O–H groups in total. The van der Waals surface area contributed by atoms with Crippen LogP contribution >= 0.6 is 0 Å². The Morgan fingerprint density at radius 1 is 1.26 bits per heavy atom. The van der Waals surface area contributed by atoms with Crippen molar-refractivity contribution >= 4 is 11.8 Å². The molecule has 3 rings (SSSR count). The third-order valence-electron chi connectivity index (χ3n) is 3.65. The molecule has 7 nitrogen and oxygen atoms in total. The van der Waals surface area contributed by atoms with Crippen molar-refractivity contribution in [3.05, 3.63) is 30.0 Å². The van der Waals surface area contributed by atoms with Gasteiger partial charge in [0.15, 0.2) is 17.3 Å². The Bertz CT molecular complexity index is 665. The Morgan fingerprint density at radius 3 is 3.00 bits per heavy atom. The summed E-state index contributed by atoms with van der Waals surface area (Å²) in [5, 5.41) is 11.4. The zero-order valence-electron chi connectivity index (χ0n) is 13.5. The zero-order chi connectivity index (χ0) is 16.1. The van der Waals surface area contributed by atoms with E-state index in [0.29, 0.717) is 18.3 Å². The number of ether oxygens (including phenoxy) is 2. The minimum atomic E-state index is 0.287. The van der Waals surface area contributed by atoms with Crippen LogP contribution in [0.1, 0.15) is 25.3 Å². The van der Waals surface area contributed by atoms with Gasteiger partial charge in [-0.25, -0.2) is 0 Å². The van der Waals surface area contributed by atoms with E-state index in [1.165, 1.54) is 0 Å². The molecule has 0 fully saturated rings. The fourth-order valence-electron chi connectivity index (χ4n) is 2.28. The van der Waals surface area contributed by atoms with Crippen LogP contribution in [-0.2, 0) is 6.54 Å². The fraction of sp³-hybridized carbons (Fsp3) is 0.438. The lowest BCUT2D eigenvalue weighted by molar-refractivity contribution is 0.174. The van der Waals surface area contributed by atoms with Gasteiger partial charge in [-0.05, 0) is 24.1 Å². The van der Waals surface area contributed by atoms with E-state index in [0.717, 1.165) is 36.4 Å². The minimum absolute atomic E-state index is 0.287. The Balaban J connectivity index is 1.62. The molecule has 7 heteroatoms. The summed E-state index contributed by atoms with van der Waals surface area (Å²) < 4.78 is 10.7. The van der Waals surface area contributed by atoms with Crippen LogP contribution < -0.4 is 19.7 Å². The molecule has 0 bridgehead atoms. The van der Waals surface area contributed by atoms with Gasteiger partial charge in [-0.2, -0.15) is 10.1 Å². The number of hydrogen-bond donors (Lipinski definition) is 1. The smallest absolute Gasteiger partial charge is 0.247 e. The number of fused-ring (bicyclic) bond motifs is 1. The van der Waals surface area contributed by atoms with Crippen molar-refractivity contribution in [2.24, 2.45) is 0 Å². The predicted molar refractivity (Wildman–Crippen MR) is 87.9 cm³/mol. The van der Waals surface area contributed by atoms with Crippen LogP contribution in [0.25, 0.3) is 0 Å². The van der Waals surface area contributed by atoms with Crippen molar-refractivity contribution in [3.8, 4) is 11.5 Å². The van der Waals surface area contributed by atoms with Gasteiger partial charge in [0.1, 0.15) is 0 Å². The third-order valence-corrected chi connectivity index (χ3v) is 3.65. The van der Waals surface area contributed by atoms with E-state index in [1.54, 1.807) is 6.20 Å². The van der Waals surface area contributed by atoms with E-state index in [4.69, 9.17) is 9.47 Å². The highest BCUT2D eigenvalue weighted by Gasteiger charge is 2.13. The number of nitrogens with zero attached hydrogens (tertiary/aromatic N) is 4. The molecule has 122 valence electrons. The van der Waals surface area contributed by atoms with Gasteiger partial charge in [-0.3, -0.25) is 0 Å². The molecule has 1 aliphatic heterocycles. The second-order valence-corrected chi connectivity index (χ2v) is 5.46. The Kier molecular flexibility index (Phi) is 4.75. The first-order valence-corrected chi connectivity index (χ1v) is 7.79. The van der Waals surface area contributed by atoms with Gasteiger partial charge in [-0.15, -0.1) is 5.10 Å². The van der Waals surface area contributed by atoms with Gasteiger partial charge in [-0.1, -0.05) is 19.4 Å². The fourth-order valence-corrected chi connectivity index (χ4v) is 2.28. The van der Waals surface area contributed by atoms with Gasteiger partial charge >= 0.3 is 0 Å². The van der Waals surface area contributed by atoms with E-state index in [1.807, 2.05) is 30.1 Å². The molecule has 0 atom stereocenters. The summed E-state index contributed by atoms with van der Waals surface area (Å²) in [4.78, 5) is 6.51. The van der Waals surface area contributed by atoms with Crippen molar-refractivity contribution in [3.63, 3.8) is 0 Å². The summed E-state index contributed by atoms with van der Waals surface area (Å²) in [6.45, 7) is 4.00. The summed E-state index contributed by atoms with van der Waals surface area (Å²) >= 11 is 0. The van der Waals surface area contributed by atoms with Crippen molar-refractivity contribution in [1.82, 2.24) is 15.2 Å². The Labute approximate surface area is 135 Å². The van der Waals surface area contributed by atoms with Crippen molar-refractivity contribution in [2.45, 2.75) is 26.3 Å². The molecule has 0 radical (unpaired) electrons. The molecule has 0 aliphatic carbocycles. The number of benzene rings is 1.